The first-order valence-corrected chi connectivity index (χ1v) is 6.04. The van der Waals surface area contributed by atoms with Crippen LogP contribution < -0.4 is 5.73 Å². The van der Waals surface area contributed by atoms with E-state index in [4.69, 9.17) is 5.73 Å². The van der Waals surface area contributed by atoms with Crippen LogP contribution in [0.15, 0.2) is 0 Å². The highest BCUT2D eigenvalue weighted by Crippen LogP contribution is 2.29. The highest BCUT2D eigenvalue weighted by molar-refractivity contribution is 5.69. The number of carbonyl (C=O) groups is 1. The quantitative estimate of drug-likeness (QED) is 0.688. The van der Waals surface area contributed by atoms with Gasteiger partial charge in [0.05, 0.1) is 7.11 Å². The zero-order valence-electron chi connectivity index (χ0n) is 9.71. The maximum absolute atomic E-state index is 10.9. The largest absolute Gasteiger partial charge is 0.469 e. The van der Waals surface area contributed by atoms with Gasteiger partial charge in [-0.3, -0.25) is 4.79 Å². The first kappa shape index (κ1) is 12.5. The normalized spacial score (nSPS) is 19.1. The summed E-state index contributed by atoms with van der Waals surface area (Å²) in [5, 5.41) is 0. The molecule has 3 nitrogen and oxygen atoms in total. The van der Waals surface area contributed by atoms with Gasteiger partial charge in [0.25, 0.3) is 0 Å². The van der Waals surface area contributed by atoms with E-state index in [0.29, 0.717) is 6.42 Å². The maximum atomic E-state index is 10.9. The second kappa shape index (κ2) is 6.83. The molecule has 15 heavy (non-hydrogen) atoms. The Morgan fingerprint density at radius 3 is 2.67 bits per heavy atom. The number of methoxy groups -OCH3 is 1. The van der Waals surface area contributed by atoms with Gasteiger partial charge in [-0.1, -0.05) is 25.7 Å². The Morgan fingerprint density at radius 1 is 1.40 bits per heavy atom. The van der Waals surface area contributed by atoms with Gasteiger partial charge >= 0.3 is 5.97 Å². The third-order valence-electron chi connectivity index (χ3n) is 3.37. The summed E-state index contributed by atoms with van der Waals surface area (Å²) >= 11 is 0. The molecule has 0 aromatic rings. The van der Waals surface area contributed by atoms with Gasteiger partial charge in [-0.05, 0) is 25.2 Å². The lowest BCUT2D eigenvalue weighted by molar-refractivity contribution is -0.140. The molecule has 1 aliphatic carbocycles. The summed E-state index contributed by atoms with van der Waals surface area (Å²) < 4.78 is 4.58. The molecule has 1 aliphatic rings. The smallest absolute Gasteiger partial charge is 0.305 e. The molecule has 0 amide bonds. The molecule has 1 atom stereocenters. The third kappa shape index (κ3) is 5.17. The second-order valence-electron chi connectivity index (χ2n) is 4.60. The summed E-state index contributed by atoms with van der Waals surface area (Å²) in [7, 11) is 1.42. The summed E-state index contributed by atoms with van der Waals surface area (Å²) in [6.07, 6.45) is 9.06. The number of hydrogen-bond donors (Lipinski definition) is 1. The maximum Gasteiger partial charge on any atom is 0.305 e. The summed E-state index contributed by atoms with van der Waals surface area (Å²) in [6, 6.07) is 0.171. The van der Waals surface area contributed by atoms with Crippen LogP contribution in [0.25, 0.3) is 0 Å². The number of carbonyl (C=O) groups excluding carboxylic acids is 1. The van der Waals surface area contributed by atoms with E-state index in [1.165, 1.54) is 39.2 Å². The van der Waals surface area contributed by atoms with Crippen LogP contribution in [0.3, 0.4) is 0 Å². The van der Waals surface area contributed by atoms with Gasteiger partial charge in [0.15, 0.2) is 0 Å². The van der Waals surface area contributed by atoms with Crippen molar-refractivity contribution in [2.24, 2.45) is 11.7 Å². The average molecular weight is 213 g/mol. The Labute approximate surface area is 92.4 Å². The molecule has 88 valence electrons. The van der Waals surface area contributed by atoms with Crippen LogP contribution in [0.2, 0.25) is 0 Å². The van der Waals surface area contributed by atoms with Crippen molar-refractivity contribution < 1.29 is 9.53 Å². The molecular weight excluding hydrogens is 190 g/mol. The first-order chi connectivity index (χ1) is 7.22. The summed E-state index contributed by atoms with van der Waals surface area (Å²) in [6.45, 7) is 0. The molecule has 2 N–H and O–H groups in total. The molecular formula is C12H23NO2. The molecule has 1 rings (SSSR count). The minimum Gasteiger partial charge on any atom is -0.469 e. The summed E-state index contributed by atoms with van der Waals surface area (Å²) in [4.78, 5) is 10.9. The molecule has 3 heteroatoms. The predicted molar refractivity (Wildman–Crippen MR) is 60.4 cm³/mol. The van der Waals surface area contributed by atoms with Crippen LogP contribution in [-0.4, -0.2) is 19.1 Å². The van der Waals surface area contributed by atoms with Gasteiger partial charge in [-0.25, -0.2) is 0 Å². The van der Waals surface area contributed by atoms with Crippen molar-refractivity contribution in [1.29, 1.82) is 0 Å². The summed E-state index contributed by atoms with van der Waals surface area (Å²) in [5.74, 6) is 0.750. The van der Waals surface area contributed by atoms with E-state index >= 15 is 0 Å². The minimum atomic E-state index is -0.147. The third-order valence-corrected chi connectivity index (χ3v) is 3.37. The Bertz CT molecular complexity index is 188. The van der Waals surface area contributed by atoms with Crippen molar-refractivity contribution in [2.75, 3.05) is 7.11 Å². The molecule has 0 spiro atoms. The molecule has 1 unspecified atom stereocenters. The molecule has 0 radical (unpaired) electrons. The van der Waals surface area contributed by atoms with E-state index in [2.05, 4.69) is 4.74 Å². The average Bonchev–Trinajstić information content (AvgIpc) is 2.75. The lowest BCUT2D eigenvalue weighted by Gasteiger charge is -2.13. The van der Waals surface area contributed by atoms with Crippen molar-refractivity contribution in [1.82, 2.24) is 0 Å². The molecule has 0 heterocycles. The van der Waals surface area contributed by atoms with Gasteiger partial charge in [0.1, 0.15) is 0 Å². The molecule has 1 fully saturated rings. The topological polar surface area (TPSA) is 52.3 Å². The monoisotopic (exact) mass is 213 g/mol. The van der Waals surface area contributed by atoms with Gasteiger partial charge < -0.3 is 10.5 Å². The van der Waals surface area contributed by atoms with Gasteiger partial charge in [0.2, 0.25) is 0 Å². The van der Waals surface area contributed by atoms with Gasteiger partial charge in [-0.15, -0.1) is 0 Å². The highest BCUT2D eigenvalue weighted by atomic mass is 16.5. The molecule has 0 bridgehead atoms. The number of nitrogens with two attached hydrogens (primary N) is 1. The van der Waals surface area contributed by atoms with Crippen molar-refractivity contribution >= 4 is 5.97 Å². The Morgan fingerprint density at radius 2 is 2.07 bits per heavy atom. The van der Waals surface area contributed by atoms with Crippen LogP contribution in [0.5, 0.6) is 0 Å². The fourth-order valence-electron chi connectivity index (χ4n) is 2.30. The molecule has 0 aromatic carbocycles. The van der Waals surface area contributed by atoms with Crippen molar-refractivity contribution in [3.05, 3.63) is 0 Å². The number of esters is 1. The van der Waals surface area contributed by atoms with Crippen molar-refractivity contribution in [2.45, 2.75) is 57.4 Å². The van der Waals surface area contributed by atoms with Crippen LogP contribution in [0.1, 0.15) is 51.4 Å². The fraction of sp³-hybridized carbons (Fsp3) is 0.917. The number of ether oxygens (including phenoxy) is 1. The first-order valence-electron chi connectivity index (χ1n) is 6.04. The zero-order valence-corrected chi connectivity index (χ0v) is 9.71. The van der Waals surface area contributed by atoms with Crippen molar-refractivity contribution in [3.63, 3.8) is 0 Å². The Hall–Kier alpha value is -0.570. The van der Waals surface area contributed by atoms with Gasteiger partial charge in [0, 0.05) is 12.5 Å². The minimum absolute atomic E-state index is 0.147. The second-order valence-corrected chi connectivity index (χ2v) is 4.60. The molecule has 0 aliphatic heterocycles. The highest BCUT2D eigenvalue weighted by Gasteiger charge is 2.16. The van der Waals surface area contributed by atoms with Crippen LogP contribution >= 0.6 is 0 Å². The molecule has 1 saturated carbocycles. The van der Waals surface area contributed by atoms with E-state index < -0.39 is 0 Å². The van der Waals surface area contributed by atoms with E-state index in [9.17, 15) is 4.79 Å². The predicted octanol–water partition coefficient (Wildman–Crippen LogP) is 2.24. The number of rotatable bonds is 6. The van der Waals surface area contributed by atoms with Gasteiger partial charge in [-0.2, -0.15) is 0 Å². The van der Waals surface area contributed by atoms with Crippen molar-refractivity contribution in [3.8, 4) is 0 Å². The van der Waals surface area contributed by atoms with E-state index in [0.717, 1.165) is 18.8 Å². The lowest BCUT2D eigenvalue weighted by atomic mass is 9.97. The van der Waals surface area contributed by atoms with Crippen LogP contribution in [-0.2, 0) is 9.53 Å². The number of hydrogen-bond acceptors (Lipinski definition) is 3. The van der Waals surface area contributed by atoms with E-state index in [1.807, 2.05) is 0 Å². The fourth-order valence-corrected chi connectivity index (χ4v) is 2.30. The molecule has 0 aromatic heterocycles. The zero-order chi connectivity index (χ0) is 11.1. The van der Waals surface area contributed by atoms with Crippen LogP contribution in [0.4, 0.5) is 0 Å². The summed E-state index contributed by atoms with van der Waals surface area (Å²) in [5.41, 5.74) is 5.95. The molecule has 0 saturated heterocycles. The van der Waals surface area contributed by atoms with E-state index in [-0.39, 0.29) is 12.0 Å². The van der Waals surface area contributed by atoms with Crippen LogP contribution in [0, 0.1) is 5.92 Å². The SMILES string of the molecule is COC(=O)CCC(N)CCC1CCCC1. The Kier molecular flexibility index (Phi) is 5.69. The Balaban J connectivity index is 2.02. The standard InChI is InChI=1S/C12H23NO2/c1-15-12(14)9-8-11(13)7-6-10-4-2-3-5-10/h10-11H,2-9,13H2,1H3. The lowest BCUT2D eigenvalue weighted by Crippen LogP contribution is -2.22. The van der Waals surface area contributed by atoms with E-state index in [1.54, 1.807) is 0 Å².